The van der Waals surface area contributed by atoms with E-state index in [1.807, 2.05) is 9.80 Å². The minimum absolute atomic E-state index is 0.326. The molecule has 3 rings (SSSR count). The highest BCUT2D eigenvalue weighted by Crippen LogP contribution is 2.29. The van der Waals surface area contributed by atoms with Gasteiger partial charge in [-0.2, -0.15) is 0 Å². The maximum atomic E-state index is 12.4. The van der Waals surface area contributed by atoms with Gasteiger partial charge in [-0.1, -0.05) is 12.8 Å². The van der Waals surface area contributed by atoms with Crippen LogP contribution in [0.25, 0.3) is 0 Å². The Morgan fingerprint density at radius 2 is 1.46 bits per heavy atom. The second-order valence-corrected chi connectivity index (χ2v) is 8.02. The fraction of sp³-hybridized carbons (Fsp3) is 0.944. The molecule has 2 aliphatic heterocycles. The van der Waals surface area contributed by atoms with Crippen LogP contribution in [0, 0.1) is 11.8 Å². The number of aliphatic hydroxyl groups is 3. The van der Waals surface area contributed by atoms with Gasteiger partial charge in [0.15, 0.2) is 0 Å². The molecule has 6 heteroatoms. The molecule has 0 aromatic heterocycles. The van der Waals surface area contributed by atoms with E-state index in [9.17, 15) is 20.1 Å². The molecule has 1 saturated carbocycles. The largest absolute Gasteiger partial charge is 0.389 e. The summed E-state index contributed by atoms with van der Waals surface area (Å²) in [6.45, 7) is 3.32. The molecule has 0 radical (unpaired) electrons. The number of carbonyl (C=O) groups excluding carboxylic acids is 1. The molecule has 1 amide bonds. The third kappa shape index (κ3) is 4.48. The topological polar surface area (TPSA) is 84.2 Å². The number of hydrogen-bond donors (Lipinski definition) is 3. The predicted molar refractivity (Wildman–Crippen MR) is 90.3 cm³/mol. The Labute approximate surface area is 144 Å². The molecule has 3 atom stereocenters. The Hall–Kier alpha value is -0.690. The van der Waals surface area contributed by atoms with Crippen LogP contribution in [0.5, 0.6) is 0 Å². The lowest BCUT2D eigenvalue weighted by Gasteiger charge is -2.40. The van der Waals surface area contributed by atoms with Gasteiger partial charge in [0.25, 0.3) is 0 Å². The number of β-amino-alcohol motifs (C(OH)–C–C–N with tert-alkyl or cyclic N) is 2. The van der Waals surface area contributed by atoms with E-state index in [0.29, 0.717) is 30.8 Å². The second kappa shape index (κ2) is 8.13. The van der Waals surface area contributed by atoms with E-state index in [4.69, 9.17) is 0 Å². The van der Waals surface area contributed by atoms with Crippen LogP contribution in [0.2, 0.25) is 0 Å². The summed E-state index contributed by atoms with van der Waals surface area (Å²) in [6.07, 6.45) is 4.92. The number of rotatable bonds is 4. The molecule has 0 unspecified atom stereocenters. The van der Waals surface area contributed by atoms with Crippen molar-refractivity contribution in [2.24, 2.45) is 11.8 Å². The van der Waals surface area contributed by atoms with Crippen molar-refractivity contribution >= 4 is 5.91 Å². The van der Waals surface area contributed by atoms with E-state index in [1.54, 1.807) is 0 Å². The molecule has 0 bridgehead atoms. The van der Waals surface area contributed by atoms with Crippen molar-refractivity contribution in [2.75, 3.05) is 32.7 Å². The molecular formula is C18H32N2O4. The molecule has 6 nitrogen and oxygen atoms in total. The zero-order valence-electron chi connectivity index (χ0n) is 14.5. The molecule has 2 heterocycles. The summed E-state index contributed by atoms with van der Waals surface area (Å²) in [4.78, 5) is 16.5. The molecule has 0 aromatic carbocycles. The minimum atomic E-state index is -1.03. The first-order chi connectivity index (χ1) is 11.5. The highest BCUT2D eigenvalue weighted by atomic mass is 16.4. The highest BCUT2D eigenvalue weighted by Gasteiger charge is 2.35. The van der Waals surface area contributed by atoms with Crippen LogP contribution in [-0.2, 0) is 4.79 Å². The minimum Gasteiger partial charge on any atom is -0.389 e. The van der Waals surface area contributed by atoms with Crippen LogP contribution in [0.4, 0.5) is 0 Å². The summed E-state index contributed by atoms with van der Waals surface area (Å²) < 4.78 is 0. The summed E-state index contributed by atoms with van der Waals surface area (Å²) in [5.74, 6) is 1.43. The molecule has 138 valence electrons. The fourth-order valence-electron chi connectivity index (χ4n) is 4.55. The number of carbonyl (C=O) groups is 1. The molecule has 0 spiro atoms. The van der Waals surface area contributed by atoms with Crippen molar-refractivity contribution in [3.05, 3.63) is 0 Å². The monoisotopic (exact) mass is 340 g/mol. The van der Waals surface area contributed by atoms with Crippen molar-refractivity contribution in [3.63, 3.8) is 0 Å². The van der Waals surface area contributed by atoms with Gasteiger partial charge >= 0.3 is 0 Å². The molecule has 2 saturated heterocycles. The van der Waals surface area contributed by atoms with Gasteiger partial charge in [-0.3, -0.25) is 9.69 Å². The Kier molecular flexibility index (Phi) is 6.13. The first kappa shape index (κ1) is 18.1. The normalized spacial score (nSPS) is 34.0. The van der Waals surface area contributed by atoms with Crippen LogP contribution in [0.3, 0.4) is 0 Å². The van der Waals surface area contributed by atoms with E-state index < -0.39 is 18.3 Å². The van der Waals surface area contributed by atoms with Crippen molar-refractivity contribution in [2.45, 2.75) is 63.3 Å². The van der Waals surface area contributed by atoms with E-state index in [0.717, 1.165) is 38.9 Å². The first-order valence-electron chi connectivity index (χ1n) is 9.57. The van der Waals surface area contributed by atoms with Crippen LogP contribution >= 0.6 is 0 Å². The van der Waals surface area contributed by atoms with Crippen molar-refractivity contribution in [1.82, 2.24) is 9.80 Å². The van der Waals surface area contributed by atoms with Gasteiger partial charge in [0.1, 0.15) is 6.10 Å². The number of amides is 1. The highest BCUT2D eigenvalue weighted by molar-refractivity contribution is 5.76. The molecule has 3 N–H and O–H groups in total. The van der Waals surface area contributed by atoms with Gasteiger partial charge in [0.05, 0.1) is 12.2 Å². The van der Waals surface area contributed by atoms with Gasteiger partial charge in [-0.05, 0) is 37.5 Å². The van der Waals surface area contributed by atoms with Crippen molar-refractivity contribution in [1.29, 1.82) is 0 Å². The van der Waals surface area contributed by atoms with Gasteiger partial charge in [-0.15, -0.1) is 0 Å². The Bertz CT molecular complexity index is 407. The molecule has 3 aliphatic rings. The average molecular weight is 340 g/mol. The summed E-state index contributed by atoms with van der Waals surface area (Å²) >= 11 is 0. The molecule has 3 fully saturated rings. The summed E-state index contributed by atoms with van der Waals surface area (Å²) in [5, 5.41) is 29.2. The number of aliphatic hydroxyl groups excluding tert-OH is 3. The third-order valence-corrected chi connectivity index (χ3v) is 6.10. The Morgan fingerprint density at radius 1 is 0.875 bits per heavy atom. The molecular weight excluding hydrogens is 308 g/mol. The lowest BCUT2D eigenvalue weighted by Crippen LogP contribution is -2.56. The maximum absolute atomic E-state index is 12.4. The van der Waals surface area contributed by atoms with Gasteiger partial charge in [-0.25, -0.2) is 0 Å². The van der Waals surface area contributed by atoms with E-state index in [-0.39, 0.29) is 0 Å². The van der Waals surface area contributed by atoms with Gasteiger partial charge in [0.2, 0.25) is 5.91 Å². The van der Waals surface area contributed by atoms with Crippen LogP contribution in [-0.4, -0.2) is 82.1 Å². The van der Waals surface area contributed by atoms with Crippen molar-refractivity contribution in [3.8, 4) is 0 Å². The maximum Gasteiger partial charge on any atom is 0.222 e. The Morgan fingerprint density at radius 3 is 2.04 bits per heavy atom. The van der Waals surface area contributed by atoms with E-state index in [2.05, 4.69) is 0 Å². The smallest absolute Gasteiger partial charge is 0.222 e. The number of likely N-dealkylation sites (tertiary alicyclic amines) is 2. The molecule has 24 heavy (non-hydrogen) atoms. The van der Waals surface area contributed by atoms with Crippen LogP contribution in [0.1, 0.15) is 44.9 Å². The van der Waals surface area contributed by atoms with Crippen LogP contribution in [0.15, 0.2) is 0 Å². The lowest BCUT2D eigenvalue weighted by atomic mass is 9.93. The second-order valence-electron chi connectivity index (χ2n) is 8.02. The zero-order valence-corrected chi connectivity index (χ0v) is 14.5. The average Bonchev–Trinajstić information content (AvgIpc) is 3.06. The van der Waals surface area contributed by atoms with E-state index in [1.165, 1.54) is 25.7 Å². The predicted octanol–water partition coefficient (Wildman–Crippen LogP) is 0.204. The van der Waals surface area contributed by atoms with Gasteiger partial charge < -0.3 is 20.2 Å². The first-order valence-corrected chi connectivity index (χ1v) is 9.57. The standard InChI is InChI=1S/C18H32N2O4/c21-15-11-19(12-16(22)18(15)24)10-14-5-7-20(8-6-14)17(23)9-13-3-1-2-4-13/h13-16,18,21-22,24H,1-12H2/t15-,16+,18+. The van der Waals surface area contributed by atoms with Crippen LogP contribution < -0.4 is 0 Å². The van der Waals surface area contributed by atoms with Crippen molar-refractivity contribution < 1.29 is 20.1 Å². The molecule has 1 aliphatic carbocycles. The summed E-state index contributed by atoms with van der Waals surface area (Å²) in [6, 6.07) is 0. The van der Waals surface area contributed by atoms with Gasteiger partial charge in [0, 0.05) is 39.1 Å². The lowest BCUT2D eigenvalue weighted by molar-refractivity contribution is -0.134. The summed E-state index contributed by atoms with van der Waals surface area (Å²) in [5.41, 5.74) is 0. The third-order valence-electron chi connectivity index (χ3n) is 6.10. The fourth-order valence-corrected chi connectivity index (χ4v) is 4.55. The SMILES string of the molecule is O=C(CC1CCCC1)N1CCC(CN2C[C@@H](O)[C@H](O)[C@@H](O)C2)CC1. The van der Waals surface area contributed by atoms with E-state index >= 15 is 0 Å². The quantitative estimate of drug-likeness (QED) is 0.681. The summed E-state index contributed by atoms with van der Waals surface area (Å²) in [7, 11) is 0. The molecule has 0 aromatic rings. The Balaban J connectivity index is 1.39. The zero-order chi connectivity index (χ0) is 17.1. The number of piperidine rings is 2. The number of nitrogens with zero attached hydrogens (tertiary/aromatic N) is 2. The number of hydrogen-bond acceptors (Lipinski definition) is 5.